The molecule has 0 saturated carbocycles. The van der Waals surface area contributed by atoms with Gasteiger partial charge in [0.05, 0.1) is 13.7 Å². The zero-order chi connectivity index (χ0) is 9.40. The zero-order valence-corrected chi connectivity index (χ0v) is 8.07. The summed E-state index contributed by atoms with van der Waals surface area (Å²) in [6.07, 6.45) is 1.28. The van der Waals surface area contributed by atoms with E-state index in [4.69, 9.17) is 4.74 Å². The van der Waals surface area contributed by atoms with Crippen LogP contribution in [0.1, 0.15) is 19.8 Å². The second kappa shape index (κ2) is 6.84. The Labute approximate surface area is 77.2 Å². The van der Waals surface area contributed by atoms with E-state index in [-0.39, 0.29) is 5.17 Å². The molecule has 0 atom stereocenters. The number of hydrogen-bond donors (Lipinski definition) is 1. The maximum atomic E-state index is 10.8. The summed E-state index contributed by atoms with van der Waals surface area (Å²) in [5.74, 6) is 0. The van der Waals surface area contributed by atoms with E-state index in [1.54, 1.807) is 0 Å². The van der Waals surface area contributed by atoms with E-state index in [0.29, 0.717) is 6.61 Å². The molecular formula is C7H13NO3S. The summed E-state index contributed by atoms with van der Waals surface area (Å²) in [7, 11) is 1.38. The largest absolute Gasteiger partial charge is 0.474 e. The predicted octanol–water partition coefficient (Wildman–Crippen LogP) is 1.44. The van der Waals surface area contributed by atoms with E-state index in [0.717, 1.165) is 12.8 Å². The summed E-state index contributed by atoms with van der Waals surface area (Å²) < 4.78 is 9.28. The van der Waals surface area contributed by atoms with Gasteiger partial charge in [0.25, 0.3) is 5.17 Å². The smallest absolute Gasteiger partial charge is 0.414 e. The van der Waals surface area contributed by atoms with Crippen molar-refractivity contribution in [2.24, 2.45) is 0 Å². The lowest BCUT2D eigenvalue weighted by molar-refractivity contribution is 0.148. The number of carbonyl (C=O) groups excluding carboxylic acids is 1. The van der Waals surface area contributed by atoms with Gasteiger partial charge in [0.2, 0.25) is 0 Å². The number of unbranched alkanes of at least 4 members (excludes halogenated alkanes) is 1. The fourth-order valence-corrected chi connectivity index (χ4v) is 0.563. The lowest BCUT2D eigenvalue weighted by Crippen LogP contribution is -2.30. The summed E-state index contributed by atoms with van der Waals surface area (Å²) in [6.45, 7) is 2.43. The van der Waals surface area contributed by atoms with Crippen molar-refractivity contribution in [1.82, 2.24) is 5.32 Å². The van der Waals surface area contributed by atoms with Crippen LogP contribution in [0.2, 0.25) is 0 Å². The molecule has 0 radical (unpaired) electrons. The van der Waals surface area contributed by atoms with Gasteiger partial charge in [-0.15, -0.1) is 0 Å². The van der Waals surface area contributed by atoms with Crippen LogP contribution in [0.4, 0.5) is 4.79 Å². The minimum atomic E-state index is -0.560. The Kier molecular flexibility index (Phi) is 6.37. The van der Waals surface area contributed by atoms with E-state index < -0.39 is 6.09 Å². The first kappa shape index (κ1) is 11.2. The Bertz CT molecular complexity index is 161. The highest BCUT2D eigenvalue weighted by molar-refractivity contribution is 7.80. The average Bonchev–Trinajstić information content (AvgIpc) is 2.05. The Morgan fingerprint density at radius 1 is 1.58 bits per heavy atom. The molecule has 0 aliphatic heterocycles. The van der Waals surface area contributed by atoms with Gasteiger partial charge in [-0.2, -0.15) is 0 Å². The van der Waals surface area contributed by atoms with Gasteiger partial charge in [-0.3, -0.25) is 5.32 Å². The van der Waals surface area contributed by atoms with Crippen LogP contribution < -0.4 is 5.32 Å². The van der Waals surface area contributed by atoms with Gasteiger partial charge < -0.3 is 9.47 Å². The molecule has 12 heavy (non-hydrogen) atoms. The maximum absolute atomic E-state index is 10.8. The number of carbonyl (C=O) groups is 1. The van der Waals surface area contributed by atoms with Gasteiger partial charge in [-0.05, 0) is 18.6 Å². The topological polar surface area (TPSA) is 47.6 Å². The van der Waals surface area contributed by atoms with E-state index in [1.807, 2.05) is 6.92 Å². The number of nitrogens with one attached hydrogen (secondary N) is 1. The molecule has 0 fully saturated rings. The van der Waals surface area contributed by atoms with Crippen LogP contribution in [0, 0.1) is 0 Å². The first-order valence-corrected chi connectivity index (χ1v) is 4.13. The monoisotopic (exact) mass is 191 g/mol. The van der Waals surface area contributed by atoms with Crippen LogP contribution in [-0.4, -0.2) is 25.0 Å². The SMILES string of the molecule is CCCCOC(=O)NC(=S)OC. The quantitative estimate of drug-likeness (QED) is 0.541. The third-order valence-electron chi connectivity index (χ3n) is 1.12. The molecule has 1 N–H and O–H groups in total. The number of thiocarbonyl (C=S) groups is 1. The summed E-state index contributed by atoms with van der Waals surface area (Å²) in [5, 5.41) is 2.26. The van der Waals surface area contributed by atoms with Crippen LogP contribution in [0.25, 0.3) is 0 Å². The van der Waals surface area contributed by atoms with Gasteiger partial charge in [-0.25, -0.2) is 4.79 Å². The lowest BCUT2D eigenvalue weighted by atomic mass is 10.4. The van der Waals surface area contributed by atoms with Gasteiger partial charge in [0.1, 0.15) is 0 Å². The summed E-state index contributed by atoms with van der Waals surface area (Å²) in [6, 6.07) is 0. The van der Waals surface area contributed by atoms with Gasteiger partial charge in [-0.1, -0.05) is 13.3 Å². The van der Waals surface area contributed by atoms with Crippen LogP contribution in [-0.2, 0) is 9.47 Å². The summed E-state index contributed by atoms with van der Waals surface area (Å²) in [5.41, 5.74) is 0. The molecule has 0 bridgehead atoms. The highest BCUT2D eigenvalue weighted by atomic mass is 32.1. The fraction of sp³-hybridized carbons (Fsp3) is 0.714. The molecule has 0 aliphatic rings. The number of rotatable bonds is 3. The Morgan fingerprint density at radius 2 is 2.25 bits per heavy atom. The minimum absolute atomic E-state index is 0.0245. The predicted molar refractivity (Wildman–Crippen MR) is 49.0 cm³/mol. The van der Waals surface area contributed by atoms with Crippen LogP contribution in [0.15, 0.2) is 0 Å². The zero-order valence-electron chi connectivity index (χ0n) is 7.25. The van der Waals surface area contributed by atoms with Crippen molar-refractivity contribution in [2.45, 2.75) is 19.8 Å². The second-order valence-corrected chi connectivity index (χ2v) is 2.48. The second-order valence-electron chi connectivity index (χ2n) is 2.11. The molecule has 70 valence electrons. The Morgan fingerprint density at radius 3 is 2.75 bits per heavy atom. The van der Waals surface area contributed by atoms with E-state index in [1.165, 1.54) is 7.11 Å². The first-order chi connectivity index (χ1) is 5.70. The van der Waals surface area contributed by atoms with Crippen molar-refractivity contribution >= 4 is 23.5 Å². The highest BCUT2D eigenvalue weighted by Gasteiger charge is 2.03. The molecule has 0 aromatic rings. The molecule has 0 saturated heterocycles. The van der Waals surface area contributed by atoms with E-state index >= 15 is 0 Å². The third kappa shape index (κ3) is 5.91. The molecule has 0 aromatic carbocycles. The maximum Gasteiger partial charge on any atom is 0.414 e. The normalized spacial score (nSPS) is 8.83. The number of hydrogen-bond acceptors (Lipinski definition) is 4. The van der Waals surface area contributed by atoms with Gasteiger partial charge in [0.15, 0.2) is 0 Å². The standard InChI is InChI=1S/C7H13NO3S/c1-3-4-5-11-6(9)8-7(12)10-2/h3-5H2,1-2H3,(H,8,9,12). The number of ether oxygens (including phenoxy) is 2. The van der Waals surface area contributed by atoms with Crippen molar-refractivity contribution in [2.75, 3.05) is 13.7 Å². The number of methoxy groups -OCH3 is 1. The molecule has 0 spiro atoms. The average molecular weight is 191 g/mol. The molecule has 0 rings (SSSR count). The van der Waals surface area contributed by atoms with Crippen molar-refractivity contribution in [1.29, 1.82) is 0 Å². The van der Waals surface area contributed by atoms with Crippen molar-refractivity contribution < 1.29 is 14.3 Å². The van der Waals surface area contributed by atoms with E-state index in [9.17, 15) is 4.79 Å². The Hall–Kier alpha value is -0.840. The van der Waals surface area contributed by atoms with E-state index in [2.05, 4.69) is 22.3 Å². The van der Waals surface area contributed by atoms with Gasteiger partial charge >= 0.3 is 6.09 Å². The van der Waals surface area contributed by atoms with Crippen LogP contribution >= 0.6 is 12.2 Å². The summed E-state index contributed by atoms with van der Waals surface area (Å²) >= 11 is 4.58. The molecule has 0 heterocycles. The summed E-state index contributed by atoms with van der Waals surface area (Å²) in [4.78, 5) is 10.8. The molecular weight excluding hydrogens is 178 g/mol. The lowest BCUT2D eigenvalue weighted by Gasteiger charge is -2.05. The molecule has 4 nitrogen and oxygen atoms in total. The first-order valence-electron chi connectivity index (χ1n) is 3.72. The fourth-order valence-electron chi connectivity index (χ4n) is 0.480. The van der Waals surface area contributed by atoms with Crippen molar-refractivity contribution in [3.63, 3.8) is 0 Å². The van der Waals surface area contributed by atoms with Crippen molar-refractivity contribution in [3.8, 4) is 0 Å². The van der Waals surface area contributed by atoms with Crippen LogP contribution in [0.5, 0.6) is 0 Å². The molecule has 5 heteroatoms. The molecule has 0 aromatic heterocycles. The van der Waals surface area contributed by atoms with Crippen molar-refractivity contribution in [3.05, 3.63) is 0 Å². The van der Waals surface area contributed by atoms with Crippen LogP contribution in [0.3, 0.4) is 0 Å². The molecule has 0 aliphatic carbocycles. The van der Waals surface area contributed by atoms with Gasteiger partial charge in [0, 0.05) is 0 Å². The number of amides is 1. The molecule has 0 unspecified atom stereocenters. The molecule has 1 amide bonds. The highest BCUT2D eigenvalue weighted by Crippen LogP contribution is 1.88. The third-order valence-corrected chi connectivity index (χ3v) is 1.39. The Balaban J connectivity index is 3.40. The number of alkyl carbamates (subject to hydrolysis) is 1. The minimum Gasteiger partial charge on any atom is -0.474 e.